The van der Waals surface area contributed by atoms with E-state index in [-0.39, 0.29) is 17.4 Å². The molecule has 134 valence electrons. The Morgan fingerprint density at radius 1 is 1.04 bits per heavy atom. The van der Waals surface area contributed by atoms with E-state index in [0.717, 1.165) is 6.42 Å². The second-order valence-electron chi connectivity index (χ2n) is 8.10. The van der Waals surface area contributed by atoms with E-state index >= 15 is 0 Å². The number of carbonyl (C=O) groups excluding carboxylic acids is 1. The van der Waals surface area contributed by atoms with E-state index in [0.29, 0.717) is 6.42 Å². The lowest BCUT2D eigenvalue weighted by molar-refractivity contribution is -0.121. The van der Waals surface area contributed by atoms with Crippen LogP contribution in [0.5, 0.6) is 0 Å². The summed E-state index contributed by atoms with van der Waals surface area (Å²) < 4.78 is 0. The fourth-order valence-electron chi connectivity index (χ4n) is 3.05. The van der Waals surface area contributed by atoms with Crippen molar-refractivity contribution in [1.82, 2.24) is 5.32 Å². The van der Waals surface area contributed by atoms with E-state index < -0.39 is 0 Å². The number of carbonyl (C=O) groups is 1. The minimum Gasteiger partial charge on any atom is -0.350 e. The van der Waals surface area contributed by atoms with Crippen molar-refractivity contribution in [3.63, 3.8) is 0 Å². The first-order valence-electron chi connectivity index (χ1n) is 9.13. The number of benzene rings is 2. The molecule has 1 unspecified atom stereocenters. The van der Waals surface area contributed by atoms with E-state index in [2.05, 4.69) is 89.3 Å². The summed E-state index contributed by atoms with van der Waals surface area (Å²) >= 11 is 0. The molecule has 2 nitrogen and oxygen atoms in total. The zero-order valence-electron chi connectivity index (χ0n) is 16.4. The zero-order valence-corrected chi connectivity index (χ0v) is 16.4. The van der Waals surface area contributed by atoms with E-state index in [1.54, 1.807) is 0 Å². The predicted molar refractivity (Wildman–Crippen MR) is 106 cm³/mol. The van der Waals surface area contributed by atoms with Crippen LogP contribution in [0.3, 0.4) is 0 Å². The van der Waals surface area contributed by atoms with Crippen LogP contribution in [0.25, 0.3) is 0 Å². The molecule has 0 saturated carbocycles. The zero-order chi connectivity index (χ0) is 18.6. The second kappa shape index (κ2) is 7.86. The molecule has 0 radical (unpaired) electrons. The maximum Gasteiger partial charge on any atom is 0.220 e. The van der Waals surface area contributed by atoms with Crippen LogP contribution < -0.4 is 5.32 Å². The number of hydrogen-bond acceptors (Lipinski definition) is 1. The van der Waals surface area contributed by atoms with Gasteiger partial charge in [0.2, 0.25) is 5.91 Å². The van der Waals surface area contributed by atoms with Gasteiger partial charge in [-0.2, -0.15) is 0 Å². The fourth-order valence-corrected chi connectivity index (χ4v) is 3.05. The molecule has 0 fully saturated rings. The molecular weight excluding hydrogens is 306 g/mol. The lowest BCUT2D eigenvalue weighted by Crippen LogP contribution is -2.27. The summed E-state index contributed by atoms with van der Waals surface area (Å²) in [4.78, 5) is 12.3. The minimum atomic E-state index is 0.0377. The third-order valence-corrected chi connectivity index (χ3v) is 4.74. The third-order valence-electron chi connectivity index (χ3n) is 4.74. The van der Waals surface area contributed by atoms with Crippen molar-refractivity contribution >= 4 is 5.91 Å². The topological polar surface area (TPSA) is 29.1 Å². The van der Waals surface area contributed by atoms with E-state index in [4.69, 9.17) is 0 Å². The molecule has 0 aliphatic rings. The molecule has 1 N–H and O–H groups in total. The SMILES string of the molecule is Cc1ccc(C)c(C(C)NC(=O)CCc2ccc(C(C)(C)C)cc2)c1. The van der Waals surface area contributed by atoms with Crippen LogP contribution in [0, 0.1) is 13.8 Å². The van der Waals surface area contributed by atoms with E-state index in [9.17, 15) is 4.79 Å². The van der Waals surface area contributed by atoms with Crippen LogP contribution >= 0.6 is 0 Å². The van der Waals surface area contributed by atoms with Gasteiger partial charge < -0.3 is 5.32 Å². The number of hydrogen-bond donors (Lipinski definition) is 1. The second-order valence-corrected chi connectivity index (χ2v) is 8.10. The minimum absolute atomic E-state index is 0.0377. The van der Waals surface area contributed by atoms with Crippen molar-refractivity contribution in [1.29, 1.82) is 0 Å². The smallest absolute Gasteiger partial charge is 0.220 e. The van der Waals surface area contributed by atoms with Crippen molar-refractivity contribution in [2.24, 2.45) is 0 Å². The van der Waals surface area contributed by atoms with Crippen LogP contribution in [-0.2, 0) is 16.6 Å². The molecule has 2 aromatic carbocycles. The Hall–Kier alpha value is -2.09. The van der Waals surface area contributed by atoms with Crippen LogP contribution in [0.4, 0.5) is 0 Å². The maximum atomic E-state index is 12.3. The summed E-state index contributed by atoms with van der Waals surface area (Å²) in [5.41, 5.74) is 6.34. The number of nitrogens with one attached hydrogen (secondary N) is 1. The average molecular weight is 338 g/mol. The molecule has 0 spiro atoms. The summed E-state index contributed by atoms with van der Waals surface area (Å²) in [7, 11) is 0. The molecule has 0 aliphatic carbocycles. The van der Waals surface area contributed by atoms with Crippen molar-refractivity contribution < 1.29 is 4.79 Å². The van der Waals surface area contributed by atoms with Gasteiger partial charge in [0, 0.05) is 6.42 Å². The molecule has 0 saturated heterocycles. The summed E-state index contributed by atoms with van der Waals surface area (Å²) in [6.45, 7) is 12.9. The van der Waals surface area contributed by atoms with Crippen LogP contribution in [0.2, 0.25) is 0 Å². The Morgan fingerprint density at radius 2 is 1.68 bits per heavy atom. The Labute approximate surface area is 152 Å². The van der Waals surface area contributed by atoms with Crippen LogP contribution in [0.15, 0.2) is 42.5 Å². The van der Waals surface area contributed by atoms with Gasteiger partial charge >= 0.3 is 0 Å². The molecule has 2 heteroatoms. The highest BCUT2D eigenvalue weighted by molar-refractivity contribution is 5.76. The first-order valence-corrected chi connectivity index (χ1v) is 9.13. The monoisotopic (exact) mass is 337 g/mol. The standard InChI is InChI=1S/C23H31NO/c1-16-7-8-17(2)21(15-16)18(3)24-22(25)14-11-19-9-12-20(13-10-19)23(4,5)6/h7-10,12-13,15,18H,11,14H2,1-6H3,(H,24,25). The molecule has 0 heterocycles. The quantitative estimate of drug-likeness (QED) is 0.776. The predicted octanol–water partition coefficient (Wildman–Crippen LogP) is 5.41. The Balaban J connectivity index is 1.91. The lowest BCUT2D eigenvalue weighted by Gasteiger charge is -2.19. The van der Waals surface area contributed by atoms with Gasteiger partial charge in [0.25, 0.3) is 0 Å². The van der Waals surface area contributed by atoms with Crippen LogP contribution in [0.1, 0.15) is 68.0 Å². The molecule has 1 atom stereocenters. The summed E-state index contributed by atoms with van der Waals surface area (Å²) in [6.07, 6.45) is 1.29. The Kier molecular flexibility index (Phi) is 6.05. The summed E-state index contributed by atoms with van der Waals surface area (Å²) in [6, 6.07) is 15.0. The summed E-state index contributed by atoms with van der Waals surface area (Å²) in [5, 5.41) is 3.13. The average Bonchev–Trinajstić information content (AvgIpc) is 2.54. The largest absolute Gasteiger partial charge is 0.350 e. The molecule has 0 aromatic heterocycles. The van der Waals surface area contributed by atoms with Gasteiger partial charge in [-0.25, -0.2) is 0 Å². The molecule has 1 amide bonds. The first kappa shape index (κ1) is 19.2. The fraction of sp³-hybridized carbons (Fsp3) is 0.435. The molecule has 2 rings (SSSR count). The first-order chi connectivity index (χ1) is 11.7. The van der Waals surface area contributed by atoms with Gasteiger partial charge in [-0.05, 0) is 54.9 Å². The number of rotatable bonds is 5. The van der Waals surface area contributed by atoms with Crippen molar-refractivity contribution in [2.75, 3.05) is 0 Å². The van der Waals surface area contributed by atoms with Gasteiger partial charge in [-0.1, -0.05) is 68.8 Å². The van der Waals surface area contributed by atoms with Crippen molar-refractivity contribution in [2.45, 2.75) is 65.8 Å². The lowest BCUT2D eigenvalue weighted by atomic mass is 9.86. The molecule has 0 bridgehead atoms. The maximum absolute atomic E-state index is 12.3. The third kappa shape index (κ3) is 5.45. The summed E-state index contributed by atoms with van der Waals surface area (Å²) in [5.74, 6) is 0.105. The molecule has 0 aliphatic heterocycles. The van der Waals surface area contributed by atoms with Gasteiger partial charge in [-0.15, -0.1) is 0 Å². The van der Waals surface area contributed by atoms with Gasteiger partial charge in [0.15, 0.2) is 0 Å². The number of aryl methyl sites for hydroxylation is 3. The highest BCUT2D eigenvalue weighted by atomic mass is 16.1. The Morgan fingerprint density at radius 3 is 2.28 bits per heavy atom. The van der Waals surface area contributed by atoms with Crippen LogP contribution in [-0.4, -0.2) is 5.91 Å². The van der Waals surface area contributed by atoms with E-state index in [1.165, 1.54) is 27.8 Å². The highest BCUT2D eigenvalue weighted by Crippen LogP contribution is 2.23. The van der Waals surface area contributed by atoms with Gasteiger partial charge in [0.1, 0.15) is 0 Å². The molecule has 25 heavy (non-hydrogen) atoms. The Bertz CT molecular complexity index is 723. The molecule has 2 aromatic rings. The normalized spacial score (nSPS) is 12.7. The molecular formula is C23H31NO. The van der Waals surface area contributed by atoms with Crippen molar-refractivity contribution in [3.05, 3.63) is 70.3 Å². The van der Waals surface area contributed by atoms with Crippen molar-refractivity contribution in [3.8, 4) is 0 Å². The highest BCUT2D eigenvalue weighted by Gasteiger charge is 2.14. The van der Waals surface area contributed by atoms with E-state index in [1.807, 2.05) is 0 Å². The van der Waals surface area contributed by atoms with Gasteiger partial charge in [0.05, 0.1) is 6.04 Å². The van der Waals surface area contributed by atoms with Gasteiger partial charge in [-0.3, -0.25) is 4.79 Å². The number of amides is 1.